The third-order valence-electron chi connectivity index (χ3n) is 5.66. The Balaban J connectivity index is 1.38. The summed E-state index contributed by atoms with van der Waals surface area (Å²) in [6, 6.07) is 7.22. The Hall–Kier alpha value is -2.72. The number of ether oxygens (including phenoxy) is 2. The Labute approximate surface area is 200 Å². The van der Waals surface area contributed by atoms with Gasteiger partial charge in [0.05, 0.1) is 37.0 Å². The van der Waals surface area contributed by atoms with Crippen LogP contribution in [-0.2, 0) is 38.0 Å². The molecule has 0 unspecified atom stereocenters. The standard InChI is InChI=1S/C24H32N4O5S/c1-23(2,3)33-22(29)28-10-9-18-11-25-21(27-20(18)12-28)26-19-7-5-17(6-8-19)13-34(30,31)16-24(4)14-32-15-24/h5-8,11H,9-10,12-16H2,1-4H3,(H,25,26,27). The number of amides is 1. The largest absolute Gasteiger partial charge is 0.444 e. The van der Waals surface area contributed by atoms with Crippen LogP contribution in [0.2, 0.25) is 0 Å². The number of fused-ring (bicyclic) bond motifs is 1. The van der Waals surface area contributed by atoms with E-state index >= 15 is 0 Å². The van der Waals surface area contributed by atoms with E-state index in [-0.39, 0.29) is 23.0 Å². The highest BCUT2D eigenvalue weighted by atomic mass is 32.2. The summed E-state index contributed by atoms with van der Waals surface area (Å²) in [6.07, 6.45) is 2.10. The molecule has 0 atom stereocenters. The summed E-state index contributed by atoms with van der Waals surface area (Å²) < 4.78 is 35.7. The number of anilines is 2. The maximum atomic E-state index is 12.5. The van der Waals surface area contributed by atoms with Crippen LogP contribution in [0.4, 0.5) is 16.4 Å². The molecule has 10 heteroatoms. The molecule has 0 aliphatic carbocycles. The Kier molecular flexibility index (Phi) is 6.56. The summed E-state index contributed by atoms with van der Waals surface area (Å²) in [5.74, 6) is 0.546. The lowest BCUT2D eigenvalue weighted by Gasteiger charge is -2.37. The molecule has 1 amide bonds. The van der Waals surface area contributed by atoms with Crippen molar-refractivity contribution in [3.8, 4) is 0 Å². The number of carbonyl (C=O) groups excluding carboxylic acids is 1. The van der Waals surface area contributed by atoms with E-state index in [4.69, 9.17) is 9.47 Å². The van der Waals surface area contributed by atoms with Gasteiger partial charge in [-0.25, -0.2) is 23.2 Å². The number of aromatic nitrogens is 2. The van der Waals surface area contributed by atoms with E-state index in [0.717, 1.165) is 22.5 Å². The Bertz CT molecular complexity index is 1150. The van der Waals surface area contributed by atoms with Gasteiger partial charge in [0.15, 0.2) is 9.84 Å². The fraction of sp³-hybridized carbons (Fsp3) is 0.542. The minimum atomic E-state index is -3.23. The molecule has 0 radical (unpaired) electrons. The maximum Gasteiger partial charge on any atom is 0.410 e. The number of rotatable bonds is 6. The van der Waals surface area contributed by atoms with E-state index in [0.29, 0.717) is 38.7 Å². The molecule has 1 N–H and O–H groups in total. The first-order valence-corrected chi connectivity index (χ1v) is 13.2. The molecule has 34 heavy (non-hydrogen) atoms. The summed E-state index contributed by atoms with van der Waals surface area (Å²) in [7, 11) is -3.23. The molecule has 1 saturated heterocycles. The van der Waals surface area contributed by atoms with Crippen LogP contribution in [0, 0.1) is 5.41 Å². The Morgan fingerprint density at radius 1 is 1.24 bits per heavy atom. The van der Waals surface area contributed by atoms with Gasteiger partial charge >= 0.3 is 6.09 Å². The van der Waals surface area contributed by atoms with Crippen molar-refractivity contribution in [3.63, 3.8) is 0 Å². The molecule has 2 aliphatic rings. The van der Waals surface area contributed by atoms with E-state index in [1.54, 1.807) is 23.2 Å². The SMILES string of the molecule is CC1(CS(=O)(=O)Cc2ccc(Nc3ncc4c(n3)CN(C(=O)OC(C)(C)C)CC4)cc2)COC1. The topological polar surface area (TPSA) is 111 Å². The highest BCUT2D eigenvalue weighted by molar-refractivity contribution is 7.90. The first-order chi connectivity index (χ1) is 15.9. The lowest BCUT2D eigenvalue weighted by Crippen LogP contribution is -2.45. The van der Waals surface area contributed by atoms with Gasteiger partial charge in [0.2, 0.25) is 5.95 Å². The lowest BCUT2D eigenvalue weighted by molar-refractivity contribution is -0.0870. The second-order valence-electron chi connectivity index (χ2n) is 10.5. The van der Waals surface area contributed by atoms with Gasteiger partial charge in [-0.15, -0.1) is 0 Å². The van der Waals surface area contributed by atoms with Crippen LogP contribution in [0.15, 0.2) is 30.5 Å². The predicted octanol–water partition coefficient (Wildman–Crippen LogP) is 3.46. The molecule has 0 spiro atoms. The highest BCUT2D eigenvalue weighted by Gasteiger charge is 2.38. The highest BCUT2D eigenvalue weighted by Crippen LogP contribution is 2.29. The molecule has 9 nitrogen and oxygen atoms in total. The van der Waals surface area contributed by atoms with Crippen molar-refractivity contribution < 1.29 is 22.7 Å². The zero-order valence-electron chi connectivity index (χ0n) is 20.1. The van der Waals surface area contributed by atoms with Gasteiger partial charge in [-0.3, -0.25) is 0 Å². The summed E-state index contributed by atoms with van der Waals surface area (Å²) in [6.45, 7) is 9.38. The Morgan fingerprint density at radius 3 is 2.56 bits per heavy atom. The number of sulfone groups is 1. The summed E-state index contributed by atoms with van der Waals surface area (Å²) in [5, 5.41) is 3.16. The second-order valence-corrected chi connectivity index (χ2v) is 12.5. The lowest BCUT2D eigenvalue weighted by atomic mass is 9.92. The van der Waals surface area contributed by atoms with Crippen molar-refractivity contribution in [2.24, 2.45) is 5.41 Å². The maximum absolute atomic E-state index is 12.5. The zero-order valence-corrected chi connectivity index (χ0v) is 20.9. The summed E-state index contributed by atoms with van der Waals surface area (Å²) in [4.78, 5) is 23.1. The van der Waals surface area contributed by atoms with Crippen LogP contribution >= 0.6 is 0 Å². The average molecular weight is 489 g/mol. The van der Waals surface area contributed by atoms with Crippen molar-refractivity contribution in [3.05, 3.63) is 47.3 Å². The van der Waals surface area contributed by atoms with Crippen LogP contribution in [0.1, 0.15) is 44.5 Å². The van der Waals surface area contributed by atoms with Gasteiger partial charge in [-0.05, 0) is 50.5 Å². The van der Waals surface area contributed by atoms with Crippen molar-refractivity contribution in [1.29, 1.82) is 0 Å². The van der Waals surface area contributed by atoms with Crippen LogP contribution < -0.4 is 5.32 Å². The van der Waals surface area contributed by atoms with Crippen LogP contribution in [0.5, 0.6) is 0 Å². The molecular formula is C24H32N4O5S. The minimum Gasteiger partial charge on any atom is -0.444 e. The number of hydrogen-bond donors (Lipinski definition) is 1. The number of benzene rings is 1. The second kappa shape index (κ2) is 9.14. The van der Waals surface area contributed by atoms with Gasteiger partial charge in [0, 0.05) is 23.8 Å². The normalized spacial score (nSPS) is 17.5. The molecule has 0 bridgehead atoms. The van der Waals surface area contributed by atoms with Gasteiger partial charge in [0.25, 0.3) is 0 Å². The number of nitrogens with one attached hydrogen (secondary N) is 1. The summed E-state index contributed by atoms with van der Waals surface area (Å²) >= 11 is 0. The van der Waals surface area contributed by atoms with Crippen LogP contribution in [0.3, 0.4) is 0 Å². The number of nitrogens with zero attached hydrogens (tertiary/aromatic N) is 3. The smallest absolute Gasteiger partial charge is 0.410 e. The molecular weight excluding hydrogens is 456 g/mol. The van der Waals surface area contributed by atoms with Gasteiger partial charge < -0.3 is 19.7 Å². The third kappa shape index (κ3) is 6.24. The molecule has 1 fully saturated rings. The predicted molar refractivity (Wildman–Crippen MR) is 129 cm³/mol. The third-order valence-corrected chi connectivity index (χ3v) is 7.57. The molecule has 3 heterocycles. The van der Waals surface area contributed by atoms with Crippen molar-refractivity contribution in [2.45, 2.75) is 52.0 Å². The van der Waals surface area contributed by atoms with E-state index in [1.807, 2.05) is 39.8 Å². The minimum absolute atomic E-state index is 0.00127. The van der Waals surface area contributed by atoms with E-state index in [9.17, 15) is 13.2 Å². The molecule has 184 valence electrons. The van der Waals surface area contributed by atoms with Crippen molar-refractivity contribution >= 4 is 27.6 Å². The summed E-state index contributed by atoms with van der Waals surface area (Å²) in [5.41, 5.74) is 2.45. The van der Waals surface area contributed by atoms with Gasteiger partial charge in [-0.1, -0.05) is 19.1 Å². The van der Waals surface area contributed by atoms with E-state index in [2.05, 4.69) is 15.3 Å². The molecule has 2 aromatic rings. The first kappa shape index (κ1) is 24.4. The zero-order chi connectivity index (χ0) is 24.6. The molecule has 2 aliphatic heterocycles. The van der Waals surface area contributed by atoms with Crippen molar-refractivity contribution in [1.82, 2.24) is 14.9 Å². The molecule has 4 rings (SSSR count). The van der Waals surface area contributed by atoms with Gasteiger partial charge in [-0.2, -0.15) is 0 Å². The monoisotopic (exact) mass is 488 g/mol. The number of hydrogen-bond acceptors (Lipinski definition) is 8. The Morgan fingerprint density at radius 2 is 1.94 bits per heavy atom. The fourth-order valence-electron chi connectivity index (χ4n) is 4.03. The quantitative estimate of drug-likeness (QED) is 0.658. The van der Waals surface area contributed by atoms with Crippen LogP contribution in [-0.4, -0.2) is 60.5 Å². The fourth-order valence-corrected chi connectivity index (χ4v) is 6.06. The van der Waals surface area contributed by atoms with Crippen LogP contribution in [0.25, 0.3) is 0 Å². The number of carbonyl (C=O) groups is 1. The molecule has 0 saturated carbocycles. The average Bonchev–Trinajstić information content (AvgIpc) is 2.72. The first-order valence-electron chi connectivity index (χ1n) is 11.4. The van der Waals surface area contributed by atoms with Crippen molar-refractivity contribution in [2.75, 3.05) is 30.8 Å². The molecule has 1 aromatic carbocycles. The van der Waals surface area contributed by atoms with E-state index < -0.39 is 15.4 Å². The van der Waals surface area contributed by atoms with E-state index in [1.165, 1.54) is 0 Å². The van der Waals surface area contributed by atoms with Gasteiger partial charge in [0.1, 0.15) is 5.60 Å². The molecule has 1 aromatic heterocycles.